The van der Waals surface area contributed by atoms with Gasteiger partial charge in [0.1, 0.15) is 0 Å². The van der Waals surface area contributed by atoms with E-state index in [1.165, 1.54) is 0 Å². The van der Waals surface area contributed by atoms with Crippen LogP contribution in [0.3, 0.4) is 0 Å². The van der Waals surface area contributed by atoms with Crippen LogP contribution in [0, 0.1) is 0 Å². The van der Waals surface area contributed by atoms with Gasteiger partial charge < -0.3 is 14.8 Å². The number of fused-ring (bicyclic) bond motifs is 4. The van der Waals surface area contributed by atoms with Gasteiger partial charge in [0.25, 0.3) is 0 Å². The lowest BCUT2D eigenvalue weighted by Crippen LogP contribution is -2.35. The van der Waals surface area contributed by atoms with E-state index < -0.39 is 5.41 Å². The first-order valence-electron chi connectivity index (χ1n) is 9.68. The quantitative estimate of drug-likeness (QED) is 0.651. The number of aryl methyl sites for hydroxylation is 1. The first kappa shape index (κ1) is 17.8. The topological polar surface area (TPSA) is 56.4 Å². The lowest BCUT2D eigenvalue weighted by Gasteiger charge is -2.18. The van der Waals surface area contributed by atoms with Gasteiger partial charge in [0.2, 0.25) is 11.7 Å². The number of rotatable bonds is 2. The van der Waals surface area contributed by atoms with Crippen molar-refractivity contribution in [3.8, 4) is 0 Å². The van der Waals surface area contributed by atoms with Crippen LogP contribution in [0.4, 0.5) is 5.69 Å². The van der Waals surface area contributed by atoms with E-state index >= 15 is 0 Å². The summed E-state index contributed by atoms with van der Waals surface area (Å²) in [6.07, 6.45) is 4.54. The average molecular weight is 365 g/mol. The predicted molar refractivity (Wildman–Crippen MR) is 108 cm³/mol. The Bertz CT molecular complexity index is 995. The summed E-state index contributed by atoms with van der Waals surface area (Å²) in [7, 11) is 3.89. The van der Waals surface area contributed by atoms with Gasteiger partial charge in [-0.15, -0.1) is 0 Å². The number of amides is 1. The molecule has 2 aromatic rings. The molecule has 0 unspecified atom stereocenters. The molecule has 1 amide bonds. The maximum atomic E-state index is 13.1. The Balaban J connectivity index is 1.92. The zero-order valence-corrected chi connectivity index (χ0v) is 16.8. The Morgan fingerprint density at radius 3 is 2.63 bits per heavy atom. The molecule has 1 aliphatic carbocycles. The lowest BCUT2D eigenvalue weighted by atomic mass is 9.85. The summed E-state index contributed by atoms with van der Waals surface area (Å²) >= 11 is 0. The van der Waals surface area contributed by atoms with Crippen LogP contribution in [0.25, 0.3) is 10.9 Å². The molecule has 1 aromatic carbocycles. The molecule has 2 aliphatic rings. The Labute approximate surface area is 160 Å². The molecule has 2 heterocycles. The van der Waals surface area contributed by atoms with Crippen molar-refractivity contribution < 1.29 is 9.59 Å². The highest BCUT2D eigenvalue weighted by Crippen LogP contribution is 2.44. The van der Waals surface area contributed by atoms with Gasteiger partial charge in [0.15, 0.2) is 0 Å². The molecule has 0 fully saturated rings. The van der Waals surface area contributed by atoms with Gasteiger partial charge >= 0.3 is 0 Å². The zero-order chi connectivity index (χ0) is 19.5. The number of aromatic amines is 1. The number of anilines is 1. The maximum Gasteiger partial charge on any atom is 0.237 e. The second-order valence-corrected chi connectivity index (χ2v) is 8.37. The molecule has 0 bridgehead atoms. The summed E-state index contributed by atoms with van der Waals surface area (Å²) in [6, 6.07) is 4.19. The minimum Gasteiger partial charge on any atom is -0.383 e. The largest absolute Gasteiger partial charge is 0.383 e. The minimum atomic E-state index is -0.540. The van der Waals surface area contributed by atoms with E-state index in [0.29, 0.717) is 12.2 Å². The third kappa shape index (κ3) is 2.52. The summed E-state index contributed by atoms with van der Waals surface area (Å²) < 4.78 is 0. The minimum absolute atomic E-state index is 0.0928. The SMILES string of the molecule is CCN1C(=O)C(C)(C)c2cc3[nH]c4c(c3cc21)CCC/C(=C\N(C)C)C4=O. The van der Waals surface area contributed by atoms with Crippen molar-refractivity contribution in [3.05, 3.63) is 40.7 Å². The highest BCUT2D eigenvalue weighted by Gasteiger charge is 2.43. The second kappa shape index (κ2) is 5.98. The number of benzene rings is 1. The third-order valence-electron chi connectivity index (χ3n) is 5.89. The number of likely N-dealkylation sites (N-methyl/N-ethyl adjacent to an activating group) is 1. The fourth-order valence-corrected chi connectivity index (χ4v) is 4.50. The number of carbonyl (C=O) groups is 2. The molecule has 1 N–H and O–H groups in total. The Kier molecular flexibility index (Phi) is 3.95. The number of carbonyl (C=O) groups excluding carboxylic acids is 2. The normalized spacial score (nSPS) is 20.2. The van der Waals surface area contributed by atoms with Gasteiger partial charge in [-0.3, -0.25) is 9.59 Å². The van der Waals surface area contributed by atoms with E-state index in [9.17, 15) is 9.59 Å². The molecule has 0 saturated carbocycles. The summed E-state index contributed by atoms with van der Waals surface area (Å²) in [4.78, 5) is 33.1. The van der Waals surface area contributed by atoms with Crippen molar-refractivity contribution >= 4 is 28.3 Å². The molecule has 0 radical (unpaired) electrons. The number of hydrogen-bond acceptors (Lipinski definition) is 3. The van der Waals surface area contributed by atoms with E-state index in [1.54, 1.807) is 0 Å². The zero-order valence-electron chi connectivity index (χ0n) is 16.8. The van der Waals surface area contributed by atoms with Gasteiger partial charge in [0.05, 0.1) is 11.1 Å². The summed E-state index contributed by atoms with van der Waals surface area (Å²) in [5.41, 5.74) is 5.10. The molecule has 27 heavy (non-hydrogen) atoms. The summed E-state index contributed by atoms with van der Waals surface area (Å²) in [5.74, 6) is 0.237. The molecular weight excluding hydrogens is 338 g/mol. The first-order valence-corrected chi connectivity index (χ1v) is 9.68. The van der Waals surface area contributed by atoms with Crippen LogP contribution in [0.1, 0.15) is 55.2 Å². The highest BCUT2D eigenvalue weighted by molar-refractivity contribution is 6.14. The van der Waals surface area contributed by atoms with Crippen LogP contribution < -0.4 is 4.90 Å². The van der Waals surface area contributed by atoms with Crippen LogP contribution in [0.5, 0.6) is 0 Å². The smallest absolute Gasteiger partial charge is 0.237 e. The highest BCUT2D eigenvalue weighted by atomic mass is 16.2. The van der Waals surface area contributed by atoms with E-state index in [2.05, 4.69) is 17.1 Å². The number of ketones is 1. The number of Topliss-reactive ketones (excluding diaryl/α,β-unsaturated/α-hetero) is 1. The lowest BCUT2D eigenvalue weighted by molar-refractivity contribution is -0.122. The molecule has 0 atom stereocenters. The standard InChI is InChI=1S/C22H27N3O2/c1-6-25-18-10-15-14-9-7-8-13(12-24(4)5)20(26)19(14)23-17(15)11-16(18)22(2,3)21(25)27/h10-12,23H,6-9H2,1-5H3/b13-12+. The van der Waals surface area contributed by atoms with Crippen LogP contribution in [0.2, 0.25) is 0 Å². The van der Waals surface area contributed by atoms with Crippen molar-refractivity contribution in [2.24, 2.45) is 0 Å². The fourth-order valence-electron chi connectivity index (χ4n) is 4.50. The van der Waals surface area contributed by atoms with Crippen LogP contribution in [0.15, 0.2) is 23.9 Å². The third-order valence-corrected chi connectivity index (χ3v) is 5.89. The second-order valence-electron chi connectivity index (χ2n) is 8.37. The van der Waals surface area contributed by atoms with Crippen LogP contribution >= 0.6 is 0 Å². The van der Waals surface area contributed by atoms with Gasteiger partial charge in [-0.1, -0.05) is 0 Å². The maximum absolute atomic E-state index is 13.1. The van der Waals surface area contributed by atoms with Crippen molar-refractivity contribution in [2.45, 2.75) is 45.4 Å². The summed E-state index contributed by atoms with van der Waals surface area (Å²) in [6.45, 7) is 6.62. The van der Waals surface area contributed by atoms with Gasteiger partial charge in [-0.25, -0.2) is 0 Å². The molecule has 5 nitrogen and oxygen atoms in total. The van der Waals surface area contributed by atoms with E-state index in [4.69, 9.17) is 0 Å². The van der Waals surface area contributed by atoms with E-state index in [0.717, 1.165) is 52.6 Å². The Morgan fingerprint density at radius 2 is 1.96 bits per heavy atom. The summed E-state index contributed by atoms with van der Waals surface area (Å²) in [5, 5.41) is 1.08. The average Bonchev–Trinajstić information content (AvgIpc) is 2.99. The van der Waals surface area contributed by atoms with Crippen LogP contribution in [-0.2, 0) is 16.6 Å². The Hall–Kier alpha value is -2.56. The van der Waals surface area contributed by atoms with Crippen molar-refractivity contribution in [2.75, 3.05) is 25.5 Å². The molecule has 142 valence electrons. The van der Waals surface area contributed by atoms with Gasteiger partial charge in [-0.2, -0.15) is 0 Å². The molecule has 4 rings (SSSR count). The molecule has 5 heteroatoms. The molecular formula is C22H27N3O2. The van der Waals surface area contributed by atoms with Gasteiger partial charge in [-0.05, 0) is 63.3 Å². The number of H-pyrrole nitrogens is 1. The first-order chi connectivity index (χ1) is 12.8. The van der Waals surface area contributed by atoms with Crippen LogP contribution in [-0.4, -0.2) is 42.2 Å². The fraction of sp³-hybridized carbons (Fsp3) is 0.455. The molecule has 0 spiro atoms. The number of nitrogens with one attached hydrogen (secondary N) is 1. The van der Waals surface area contributed by atoms with Gasteiger partial charge in [0, 0.05) is 49.0 Å². The number of allylic oxidation sites excluding steroid dienone is 1. The molecule has 0 saturated heterocycles. The Morgan fingerprint density at radius 1 is 1.22 bits per heavy atom. The van der Waals surface area contributed by atoms with Crippen molar-refractivity contribution in [1.82, 2.24) is 9.88 Å². The number of nitrogens with zero attached hydrogens (tertiary/aromatic N) is 2. The van der Waals surface area contributed by atoms with E-state index in [1.807, 2.05) is 50.9 Å². The van der Waals surface area contributed by atoms with Crippen molar-refractivity contribution in [1.29, 1.82) is 0 Å². The number of hydrogen-bond donors (Lipinski definition) is 1. The molecule has 1 aromatic heterocycles. The monoisotopic (exact) mass is 365 g/mol. The predicted octanol–water partition coefficient (Wildman–Crippen LogP) is 3.78. The van der Waals surface area contributed by atoms with Crippen molar-refractivity contribution in [3.63, 3.8) is 0 Å². The molecule has 1 aliphatic heterocycles. The van der Waals surface area contributed by atoms with E-state index in [-0.39, 0.29) is 11.7 Å². The number of aromatic nitrogens is 1.